The Labute approximate surface area is 168 Å². The molecule has 1 aliphatic heterocycles. The van der Waals surface area contributed by atoms with Gasteiger partial charge in [0.25, 0.3) is 5.91 Å². The van der Waals surface area contributed by atoms with E-state index in [1.165, 1.54) is 42.3 Å². The van der Waals surface area contributed by atoms with Crippen LogP contribution in [0.3, 0.4) is 0 Å². The van der Waals surface area contributed by atoms with Crippen molar-refractivity contribution in [3.63, 3.8) is 0 Å². The molecule has 2 heterocycles. The second-order valence-corrected chi connectivity index (χ2v) is 7.78. The lowest BCUT2D eigenvalue weighted by Gasteiger charge is -2.29. The maximum atomic E-state index is 13.0. The predicted octanol–water partition coefficient (Wildman–Crippen LogP) is 4.05. The highest BCUT2D eigenvalue weighted by atomic mass is 19.4. The topological polar surface area (TPSA) is 50.2 Å². The van der Waals surface area contributed by atoms with Crippen molar-refractivity contribution in [2.24, 2.45) is 5.92 Å². The van der Waals surface area contributed by atoms with E-state index in [1.54, 1.807) is 6.92 Å². The zero-order valence-corrected chi connectivity index (χ0v) is 16.8. The summed E-state index contributed by atoms with van der Waals surface area (Å²) < 4.78 is 40.3. The molecule has 1 fully saturated rings. The highest BCUT2D eigenvalue weighted by molar-refractivity contribution is 5.95. The maximum absolute atomic E-state index is 13.0. The third-order valence-electron chi connectivity index (χ3n) is 5.30. The Hall–Kier alpha value is -2.35. The smallest absolute Gasteiger partial charge is 0.352 e. The van der Waals surface area contributed by atoms with Gasteiger partial charge in [0.1, 0.15) is 0 Å². The van der Waals surface area contributed by atoms with E-state index in [0.717, 1.165) is 31.8 Å². The van der Waals surface area contributed by atoms with Crippen LogP contribution >= 0.6 is 0 Å². The van der Waals surface area contributed by atoms with Gasteiger partial charge >= 0.3 is 6.18 Å². The molecule has 8 heteroatoms. The summed E-state index contributed by atoms with van der Waals surface area (Å²) in [5.41, 5.74) is 0.398. The summed E-state index contributed by atoms with van der Waals surface area (Å²) in [6.07, 6.45) is 0.721. The van der Waals surface area contributed by atoms with Gasteiger partial charge in [0.05, 0.1) is 28.7 Å². The van der Waals surface area contributed by atoms with Gasteiger partial charge in [-0.25, -0.2) is 4.68 Å². The number of piperidine rings is 1. The van der Waals surface area contributed by atoms with Crippen molar-refractivity contribution < 1.29 is 18.0 Å². The summed E-state index contributed by atoms with van der Waals surface area (Å²) >= 11 is 0. The maximum Gasteiger partial charge on any atom is 0.416 e. The molecule has 158 valence electrons. The number of nitrogens with zero attached hydrogens (tertiary/aromatic N) is 3. The Balaban J connectivity index is 1.63. The summed E-state index contributed by atoms with van der Waals surface area (Å²) in [6, 6.07) is 4.92. The van der Waals surface area contributed by atoms with Crippen molar-refractivity contribution in [2.45, 2.75) is 39.3 Å². The number of carbonyl (C=O) groups excluding carboxylic acids is 1. The van der Waals surface area contributed by atoms with E-state index in [0.29, 0.717) is 23.7 Å². The monoisotopic (exact) mass is 408 g/mol. The minimum absolute atomic E-state index is 0.258. The molecule has 0 aliphatic carbocycles. The zero-order valence-electron chi connectivity index (χ0n) is 16.8. The largest absolute Gasteiger partial charge is 0.416 e. The lowest BCUT2D eigenvalue weighted by molar-refractivity contribution is -0.137. The first kappa shape index (κ1) is 21.4. The van der Waals surface area contributed by atoms with Crippen LogP contribution in [0.4, 0.5) is 13.2 Å². The van der Waals surface area contributed by atoms with Gasteiger partial charge in [0, 0.05) is 13.1 Å². The molecular formula is C21H27F3N4O. The van der Waals surface area contributed by atoms with Gasteiger partial charge in [-0.1, -0.05) is 19.4 Å². The minimum atomic E-state index is -4.43. The van der Waals surface area contributed by atoms with Crippen molar-refractivity contribution in [1.82, 2.24) is 20.0 Å². The van der Waals surface area contributed by atoms with Crippen LogP contribution in [0.2, 0.25) is 0 Å². The van der Waals surface area contributed by atoms with Crippen LogP contribution < -0.4 is 5.32 Å². The highest BCUT2D eigenvalue weighted by Crippen LogP contribution is 2.30. The first-order chi connectivity index (χ1) is 13.8. The van der Waals surface area contributed by atoms with Gasteiger partial charge in [-0.15, -0.1) is 0 Å². The molecule has 1 unspecified atom stereocenters. The summed E-state index contributed by atoms with van der Waals surface area (Å²) in [5.74, 6) is 0.0575. The van der Waals surface area contributed by atoms with Crippen molar-refractivity contribution in [2.75, 3.05) is 26.2 Å². The molecule has 1 amide bonds. The molecule has 1 N–H and O–H groups in total. The quantitative estimate of drug-likeness (QED) is 0.785. The number of halogens is 3. The van der Waals surface area contributed by atoms with E-state index in [9.17, 15) is 18.0 Å². The molecule has 0 bridgehead atoms. The number of nitrogens with one attached hydrogen (secondary N) is 1. The summed E-state index contributed by atoms with van der Waals surface area (Å²) in [6.45, 7) is 7.50. The molecule has 3 rings (SSSR count). The third-order valence-corrected chi connectivity index (χ3v) is 5.30. The first-order valence-corrected chi connectivity index (χ1v) is 9.98. The van der Waals surface area contributed by atoms with Crippen LogP contribution in [0.1, 0.15) is 47.8 Å². The molecule has 0 radical (unpaired) electrons. The van der Waals surface area contributed by atoms with Gasteiger partial charge in [0.2, 0.25) is 0 Å². The summed E-state index contributed by atoms with van der Waals surface area (Å²) in [4.78, 5) is 15.0. The molecule has 1 atom stereocenters. The number of likely N-dealkylation sites (tertiary alicyclic amines) is 1. The molecule has 0 saturated carbocycles. The third kappa shape index (κ3) is 5.38. The van der Waals surface area contributed by atoms with Crippen LogP contribution in [0.15, 0.2) is 30.5 Å². The normalized spacial score (nSPS) is 16.6. The Morgan fingerprint density at radius 2 is 1.97 bits per heavy atom. The second-order valence-electron chi connectivity index (χ2n) is 7.78. The average Bonchev–Trinajstić information content (AvgIpc) is 3.08. The number of rotatable bonds is 6. The van der Waals surface area contributed by atoms with E-state index >= 15 is 0 Å². The highest BCUT2D eigenvalue weighted by Gasteiger charge is 2.30. The van der Waals surface area contributed by atoms with Gasteiger partial charge < -0.3 is 10.2 Å². The fourth-order valence-electron chi connectivity index (χ4n) is 3.72. The summed E-state index contributed by atoms with van der Waals surface area (Å²) in [5, 5.41) is 7.06. The minimum Gasteiger partial charge on any atom is -0.352 e. The van der Waals surface area contributed by atoms with E-state index in [2.05, 4.69) is 22.2 Å². The second kappa shape index (κ2) is 8.98. The number of amides is 1. The molecule has 1 saturated heterocycles. The fourth-order valence-corrected chi connectivity index (χ4v) is 3.72. The van der Waals surface area contributed by atoms with Crippen LogP contribution in [-0.4, -0.2) is 46.8 Å². The standard InChI is InChI=1S/C21H27F3N4O/c1-15(14-27-9-4-3-5-10-27)12-25-20(29)19-13-26-28(16(19)2)18-8-6-7-17(11-18)21(22,23)24/h6-8,11,13,15H,3-5,9-10,12,14H2,1-2H3,(H,25,29). The van der Waals surface area contributed by atoms with E-state index in [1.807, 2.05) is 0 Å². The molecule has 29 heavy (non-hydrogen) atoms. The first-order valence-electron chi connectivity index (χ1n) is 9.98. The van der Waals surface area contributed by atoms with E-state index < -0.39 is 11.7 Å². The van der Waals surface area contributed by atoms with Gasteiger partial charge in [-0.3, -0.25) is 4.79 Å². The molecule has 0 spiro atoms. The van der Waals surface area contributed by atoms with Gasteiger partial charge in [0.15, 0.2) is 0 Å². The van der Waals surface area contributed by atoms with Crippen molar-refractivity contribution in [1.29, 1.82) is 0 Å². The Bertz CT molecular complexity index is 841. The lowest BCUT2D eigenvalue weighted by atomic mass is 10.1. The Morgan fingerprint density at radius 1 is 1.24 bits per heavy atom. The molecule has 1 aromatic carbocycles. The summed E-state index contributed by atoms with van der Waals surface area (Å²) in [7, 11) is 0. The zero-order chi connectivity index (χ0) is 21.0. The molecule has 2 aromatic rings. The van der Waals surface area contributed by atoms with Crippen molar-refractivity contribution >= 4 is 5.91 Å². The number of aromatic nitrogens is 2. The number of hydrogen-bond donors (Lipinski definition) is 1. The Kier molecular flexibility index (Phi) is 6.62. The average molecular weight is 408 g/mol. The van der Waals surface area contributed by atoms with Crippen LogP contribution in [0.5, 0.6) is 0 Å². The van der Waals surface area contributed by atoms with Crippen LogP contribution in [-0.2, 0) is 6.18 Å². The van der Waals surface area contributed by atoms with Crippen LogP contribution in [0, 0.1) is 12.8 Å². The fraction of sp³-hybridized carbons (Fsp3) is 0.524. The molecule has 5 nitrogen and oxygen atoms in total. The molecule has 1 aliphatic rings. The van der Waals surface area contributed by atoms with Crippen molar-refractivity contribution in [3.8, 4) is 5.69 Å². The predicted molar refractivity (Wildman–Crippen MR) is 105 cm³/mol. The number of benzene rings is 1. The van der Waals surface area contributed by atoms with Gasteiger partial charge in [-0.05, 0) is 57.0 Å². The van der Waals surface area contributed by atoms with E-state index in [-0.39, 0.29) is 11.6 Å². The SMILES string of the molecule is Cc1c(C(=O)NCC(C)CN2CCCCC2)cnn1-c1cccc(C(F)(F)F)c1. The van der Waals surface area contributed by atoms with Crippen LogP contribution in [0.25, 0.3) is 5.69 Å². The number of hydrogen-bond acceptors (Lipinski definition) is 3. The number of carbonyl (C=O) groups is 1. The molecule has 1 aromatic heterocycles. The molecular weight excluding hydrogens is 381 g/mol. The lowest BCUT2D eigenvalue weighted by Crippen LogP contribution is -2.38. The van der Waals surface area contributed by atoms with E-state index in [4.69, 9.17) is 0 Å². The van der Waals surface area contributed by atoms with Crippen molar-refractivity contribution in [3.05, 3.63) is 47.3 Å². The Morgan fingerprint density at radius 3 is 2.66 bits per heavy atom. The number of alkyl halides is 3. The van der Waals surface area contributed by atoms with Gasteiger partial charge in [-0.2, -0.15) is 18.3 Å².